The third-order valence-corrected chi connectivity index (χ3v) is 6.24. The van der Waals surface area contributed by atoms with E-state index in [9.17, 15) is 19.1 Å². The molecular formula is C21H28FN3O3. The molecule has 28 heavy (non-hydrogen) atoms. The van der Waals surface area contributed by atoms with Crippen LogP contribution in [0.1, 0.15) is 63.8 Å². The van der Waals surface area contributed by atoms with Crippen molar-refractivity contribution < 1.29 is 9.50 Å². The Labute approximate surface area is 163 Å². The number of anilines is 1. The zero-order valence-electron chi connectivity index (χ0n) is 16.1. The van der Waals surface area contributed by atoms with E-state index in [4.69, 9.17) is 0 Å². The van der Waals surface area contributed by atoms with Gasteiger partial charge in [0.05, 0.1) is 29.7 Å². The van der Waals surface area contributed by atoms with Crippen LogP contribution in [0.2, 0.25) is 0 Å². The van der Waals surface area contributed by atoms with Gasteiger partial charge in [0.2, 0.25) is 0 Å². The molecule has 0 unspecified atom stereocenters. The van der Waals surface area contributed by atoms with Crippen LogP contribution in [0.3, 0.4) is 0 Å². The van der Waals surface area contributed by atoms with E-state index < -0.39 is 17.1 Å². The van der Waals surface area contributed by atoms with Gasteiger partial charge in [-0.15, -0.1) is 0 Å². The first-order valence-corrected chi connectivity index (χ1v) is 10.5. The fourth-order valence-electron chi connectivity index (χ4n) is 4.79. The van der Waals surface area contributed by atoms with Crippen LogP contribution in [0.4, 0.5) is 10.1 Å². The predicted molar refractivity (Wildman–Crippen MR) is 108 cm³/mol. The van der Waals surface area contributed by atoms with Gasteiger partial charge < -0.3 is 10.4 Å². The Hall–Kier alpha value is -2.15. The van der Waals surface area contributed by atoms with Gasteiger partial charge in [-0.05, 0) is 37.8 Å². The van der Waals surface area contributed by atoms with Crippen LogP contribution in [0.15, 0.2) is 21.7 Å². The fraction of sp³-hybridized carbons (Fsp3) is 0.619. The quantitative estimate of drug-likeness (QED) is 0.824. The molecule has 0 atom stereocenters. The van der Waals surface area contributed by atoms with Gasteiger partial charge in [0.15, 0.2) is 0 Å². The summed E-state index contributed by atoms with van der Waals surface area (Å²) in [6.45, 7) is -0.390. The molecule has 7 heteroatoms. The van der Waals surface area contributed by atoms with E-state index in [1.165, 1.54) is 12.5 Å². The average Bonchev–Trinajstić information content (AvgIpc) is 3.22. The highest BCUT2D eigenvalue weighted by atomic mass is 19.1. The molecule has 2 aromatic rings. The van der Waals surface area contributed by atoms with Gasteiger partial charge in [0.1, 0.15) is 5.82 Å². The summed E-state index contributed by atoms with van der Waals surface area (Å²) in [6.07, 6.45) is 9.29. The third kappa shape index (κ3) is 3.48. The third-order valence-electron chi connectivity index (χ3n) is 6.24. The number of rotatable bonds is 5. The molecule has 1 aromatic heterocycles. The molecule has 0 amide bonds. The van der Waals surface area contributed by atoms with Crippen molar-refractivity contribution >= 4 is 16.6 Å². The minimum absolute atomic E-state index is 0.00790. The van der Waals surface area contributed by atoms with Crippen molar-refractivity contribution in [2.75, 3.05) is 11.9 Å². The van der Waals surface area contributed by atoms with Crippen LogP contribution >= 0.6 is 0 Å². The van der Waals surface area contributed by atoms with E-state index in [0.717, 1.165) is 55.9 Å². The summed E-state index contributed by atoms with van der Waals surface area (Å²) < 4.78 is 17.5. The Bertz CT molecular complexity index is 969. The Balaban J connectivity index is 1.88. The number of nitrogens with zero attached hydrogens (tertiary/aromatic N) is 2. The standard InChI is InChI=1S/C21H28FN3O3/c22-17-12-16-19(13-18(17)23-14-6-2-1-3-7-14)25(15-8-4-5-9-15)21(28)24(10-11-26)20(16)27/h12-15,23,26H,1-11H2. The van der Waals surface area contributed by atoms with E-state index in [2.05, 4.69) is 5.32 Å². The lowest BCUT2D eigenvalue weighted by Crippen LogP contribution is -2.42. The van der Waals surface area contributed by atoms with Crippen molar-refractivity contribution in [1.82, 2.24) is 9.13 Å². The molecule has 0 radical (unpaired) electrons. The van der Waals surface area contributed by atoms with Crippen LogP contribution < -0.4 is 16.6 Å². The van der Waals surface area contributed by atoms with Gasteiger partial charge in [0.25, 0.3) is 5.56 Å². The fourth-order valence-corrected chi connectivity index (χ4v) is 4.79. The summed E-state index contributed by atoms with van der Waals surface area (Å²) in [5.74, 6) is -0.470. The molecule has 0 spiro atoms. The van der Waals surface area contributed by atoms with Crippen molar-refractivity contribution in [2.24, 2.45) is 0 Å². The van der Waals surface area contributed by atoms with E-state index >= 15 is 0 Å². The number of aliphatic hydroxyl groups is 1. The Morgan fingerprint density at radius 3 is 2.39 bits per heavy atom. The summed E-state index contributed by atoms with van der Waals surface area (Å²) in [6, 6.07) is 3.13. The predicted octanol–water partition coefficient (Wildman–Crippen LogP) is 3.15. The van der Waals surface area contributed by atoms with Crippen LogP contribution in [-0.4, -0.2) is 26.9 Å². The highest BCUT2D eigenvalue weighted by Gasteiger charge is 2.24. The lowest BCUT2D eigenvalue weighted by molar-refractivity contribution is 0.269. The second kappa shape index (κ2) is 8.07. The first kappa shape index (κ1) is 19.2. The molecule has 0 bridgehead atoms. The first-order valence-electron chi connectivity index (χ1n) is 10.5. The van der Waals surface area contributed by atoms with Crippen molar-refractivity contribution in [3.8, 4) is 0 Å². The van der Waals surface area contributed by atoms with Crippen molar-refractivity contribution in [3.05, 3.63) is 38.8 Å². The second-order valence-electron chi connectivity index (χ2n) is 8.10. The molecule has 0 aliphatic heterocycles. The summed E-state index contributed by atoms with van der Waals surface area (Å²) in [5.41, 5.74) is -0.0826. The summed E-state index contributed by atoms with van der Waals surface area (Å²) in [7, 11) is 0. The topological polar surface area (TPSA) is 76.3 Å². The van der Waals surface area contributed by atoms with Gasteiger partial charge in [0, 0.05) is 12.1 Å². The van der Waals surface area contributed by atoms with Crippen molar-refractivity contribution in [2.45, 2.75) is 76.4 Å². The number of nitrogens with one attached hydrogen (secondary N) is 1. The SMILES string of the molecule is O=c1c2cc(F)c(NC3CCCCC3)cc2n(C2CCCC2)c(=O)n1CCO. The zero-order valence-corrected chi connectivity index (χ0v) is 16.1. The molecule has 4 rings (SSSR count). The highest BCUT2D eigenvalue weighted by molar-refractivity contribution is 5.82. The minimum atomic E-state index is -0.536. The van der Waals surface area contributed by atoms with E-state index in [-0.39, 0.29) is 30.6 Å². The number of benzene rings is 1. The van der Waals surface area contributed by atoms with Gasteiger partial charge in [-0.25, -0.2) is 9.18 Å². The lowest BCUT2D eigenvalue weighted by atomic mass is 9.95. The molecule has 2 saturated carbocycles. The van der Waals surface area contributed by atoms with E-state index in [1.54, 1.807) is 10.6 Å². The number of hydrogen-bond donors (Lipinski definition) is 2. The largest absolute Gasteiger partial charge is 0.395 e. The molecular weight excluding hydrogens is 361 g/mol. The number of aliphatic hydroxyl groups excluding tert-OH is 1. The molecule has 6 nitrogen and oxygen atoms in total. The number of aromatic nitrogens is 2. The molecule has 2 fully saturated rings. The number of fused-ring (bicyclic) bond motifs is 1. The summed E-state index contributed by atoms with van der Waals surface area (Å²) in [5, 5.41) is 12.8. The van der Waals surface area contributed by atoms with Crippen molar-refractivity contribution in [1.29, 1.82) is 0 Å². The van der Waals surface area contributed by atoms with E-state index in [0.29, 0.717) is 11.2 Å². The van der Waals surface area contributed by atoms with Crippen molar-refractivity contribution in [3.63, 3.8) is 0 Å². The van der Waals surface area contributed by atoms with Crippen LogP contribution in [0.25, 0.3) is 10.9 Å². The molecule has 0 saturated heterocycles. The molecule has 2 N–H and O–H groups in total. The van der Waals surface area contributed by atoms with Gasteiger partial charge in [-0.3, -0.25) is 13.9 Å². The Morgan fingerprint density at radius 1 is 1.04 bits per heavy atom. The zero-order chi connectivity index (χ0) is 19.7. The van der Waals surface area contributed by atoms with Crippen LogP contribution in [0.5, 0.6) is 0 Å². The minimum Gasteiger partial charge on any atom is -0.395 e. The average molecular weight is 389 g/mol. The molecule has 1 aromatic carbocycles. The molecule has 2 aliphatic carbocycles. The smallest absolute Gasteiger partial charge is 0.331 e. The van der Waals surface area contributed by atoms with Gasteiger partial charge in [-0.2, -0.15) is 0 Å². The molecule has 1 heterocycles. The number of hydrogen-bond acceptors (Lipinski definition) is 4. The maximum absolute atomic E-state index is 14.8. The van der Waals surface area contributed by atoms with Gasteiger partial charge in [-0.1, -0.05) is 32.1 Å². The maximum atomic E-state index is 14.8. The lowest BCUT2D eigenvalue weighted by Gasteiger charge is -2.25. The maximum Gasteiger partial charge on any atom is 0.331 e. The molecule has 152 valence electrons. The first-order chi connectivity index (χ1) is 13.6. The Morgan fingerprint density at radius 2 is 1.71 bits per heavy atom. The second-order valence-corrected chi connectivity index (χ2v) is 8.10. The normalized spacial score (nSPS) is 18.8. The number of halogens is 1. The van der Waals surface area contributed by atoms with Crippen LogP contribution in [-0.2, 0) is 6.54 Å². The summed E-state index contributed by atoms with van der Waals surface area (Å²) >= 11 is 0. The monoisotopic (exact) mass is 389 g/mol. The molecule has 2 aliphatic rings. The Kier molecular flexibility index (Phi) is 5.53. The van der Waals surface area contributed by atoms with Crippen LogP contribution in [0, 0.1) is 5.82 Å². The van der Waals surface area contributed by atoms with Gasteiger partial charge >= 0.3 is 5.69 Å². The summed E-state index contributed by atoms with van der Waals surface area (Å²) in [4.78, 5) is 25.9. The highest BCUT2D eigenvalue weighted by Crippen LogP contribution is 2.32. The van der Waals surface area contributed by atoms with E-state index in [1.807, 2.05) is 0 Å².